The van der Waals surface area contributed by atoms with E-state index in [1.54, 1.807) is 0 Å². The summed E-state index contributed by atoms with van der Waals surface area (Å²) in [5.74, 6) is 0. The van der Waals surface area contributed by atoms with Crippen molar-refractivity contribution in [3.8, 4) is 0 Å². The third kappa shape index (κ3) is 3.35. The average Bonchev–Trinajstić information content (AvgIpc) is 2.87. The lowest BCUT2D eigenvalue weighted by molar-refractivity contribution is 0.154. The van der Waals surface area contributed by atoms with Crippen LogP contribution in [0.5, 0.6) is 0 Å². The summed E-state index contributed by atoms with van der Waals surface area (Å²) in [6.07, 6.45) is 7.27. The zero-order valence-electron chi connectivity index (χ0n) is 11.5. The number of piperidine rings is 1. The molecule has 1 saturated heterocycles. The predicted octanol–water partition coefficient (Wildman–Crippen LogP) is 3.60. The molecule has 1 aromatic rings. The molecule has 1 aliphatic heterocycles. The Hall–Kier alpha value is -0.350. The van der Waals surface area contributed by atoms with Gasteiger partial charge in [-0.15, -0.1) is 0 Å². The van der Waals surface area contributed by atoms with Crippen molar-refractivity contribution in [1.82, 2.24) is 14.7 Å². The Morgan fingerprint density at radius 1 is 1.50 bits per heavy atom. The fourth-order valence-electron chi connectivity index (χ4n) is 2.55. The topological polar surface area (TPSA) is 21.1 Å². The molecule has 102 valence electrons. The number of halogens is 1. The lowest BCUT2D eigenvalue weighted by Gasteiger charge is -2.34. The molecular weight excluding hydrogens is 290 g/mol. The van der Waals surface area contributed by atoms with Gasteiger partial charge in [0.15, 0.2) is 0 Å². The van der Waals surface area contributed by atoms with E-state index in [4.69, 9.17) is 5.10 Å². The largest absolute Gasteiger partial charge is 0.294 e. The van der Waals surface area contributed by atoms with Crippen LogP contribution in [0.25, 0.3) is 0 Å². The minimum atomic E-state index is 0.507. The summed E-state index contributed by atoms with van der Waals surface area (Å²) in [6.45, 7) is 6.64. The number of rotatable bonds is 5. The maximum absolute atomic E-state index is 4.70. The molecule has 0 aromatic carbocycles. The first-order valence-corrected chi connectivity index (χ1v) is 8.20. The number of alkyl halides is 1. The van der Waals surface area contributed by atoms with Crippen molar-refractivity contribution in [2.24, 2.45) is 0 Å². The van der Waals surface area contributed by atoms with Gasteiger partial charge in [0.1, 0.15) is 0 Å². The molecule has 1 fully saturated rings. The van der Waals surface area contributed by atoms with E-state index in [2.05, 4.69) is 51.6 Å². The monoisotopic (exact) mass is 313 g/mol. The van der Waals surface area contributed by atoms with Crippen LogP contribution in [0.15, 0.2) is 12.3 Å². The highest BCUT2D eigenvalue weighted by Crippen LogP contribution is 2.21. The molecule has 0 saturated carbocycles. The lowest BCUT2D eigenvalue weighted by Crippen LogP contribution is -2.40. The van der Waals surface area contributed by atoms with Crippen LogP contribution in [0.3, 0.4) is 0 Å². The van der Waals surface area contributed by atoms with E-state index >= 15 is 0 Å². The molecule has 0 N–H and O–H groups in total. The number of aromatic nitrogens is 2. The summed E-state index contributed by atoms with van der Waals surface area (Å²) in [4.78, 5) is 2.57. The molecule has 2 rings (SSSR count). The Morgan fingerprint density at radius 2 is 2.33 bits per heavy atom. The van der Waals surface area contributed by atoms with Crippen LogP contribution < -0.4 is 0 Å². The zero-order valence-corrected chi connectivity index (χ0v) is 13.1. The quantitative estimate of drug-likeness (QED) is 0.774. The maximum Gasteiger partial charge on any atom is 0.0765 e. The first-order chi connectivity index (χ1) is 8.74. The molecule has 2 atom stereocenters. The molecular formula is C14H24BrN3. The van der Waals surface area contributed by atoms with Gasteiger partial charge in [0, 0.05) is 30.2 Å². The van der Waals surface area contributed by atoms with Gasteiger partial charge in [0.2, 0.25) is 0 Å². The van der Waals surface area contributed by atoms with Gasteiger partial charge in [-0.3, -0.25) is 9.58 Å². The number of nitrogens with zero attached hydrogens (tertiary/aromatic N) is 3. The van der Waals surface area contributed by atoms with Crippen molar-refractivity contribution in [2.45, 2.75) is 58.2 Å². The predicted molar refractivity (Wildman–Crippen MR) is 79.1 cm³/mol. The summed E-state index contributed by atoms with van der Waals surface area (Å²) >= 11 is 3.64. The van der Waals surface area contributed by atoms with Gasteiger partial charge >= 0.3 is 0 Å². The third-order valence-electron chi connectivity index (χ3n) is 4.00. The van der Waals surface area contributed by atoms with Gasteiger partial charge in [-0.1, -0.05) is 29.3 Å². The molecule has 3 nitrogen and oxygen atoms in total. The van der Waals surface area contributed by atoms with Crippen LogP contribution in [-0.2, 0) is 6.54 Å². The number of hydrogen-bond donors (Lipinski definition) is 0. The van der Waals surface area contributed by atoms with E-state index in [-0.39, 0.29) is 0 Å². The molecule has 0 radical (unpaired) electrons. The van der Waals surface area contributed by atoms with Crippen molar-refractivity contribution in [2.75, 3.05) is 11.9 Å². The molecule has 0 spiro atoms. The summed E-state index contributed by atoms with van der Waals surface area (Å²) in [7, 11) is 0. The van der Waals surface area contributed by atoms with Gasteiger partial charge in [0.25, 0.3) is 0 Å². The SMILES string of the molecule is CCC(C)n1ccc(CN2CCCCC2CBr)n1. The average molecular weight is 314 g/mol. The summed E-state index contributed by atoms with van der Waals surface area (Å²) < 4.78 is 2.10. The Kier molecular flexibility index (Phi) is 5.25. The Balaban J connectivity index is 1.97. The smallest absolute Gasteiger partial charge is 0.0765 e. The molecule has 2 unspecified atom stereocenters. The summed E-state index contributed by atoms with van der Waals surface area (Å²) in [5.41, 5.74) is 1.21. The van der Waals surface area contributed by atoms with Crippen molar-refractivity contribution >= 4 is 15.9 Å². The van der Waals surface area contributed by atoms with Crippen LogP contribution in [-0.4, -0.2) is 32.6 Å². The molecule has 0 bridgehead atoms. The lowest BCUT2D eigenvalue weighted by atomic mass is 10.0. The number of hydrogen-bond acceptors (Lipinski definition) is 2. The highest BCUT2D eigenvalue weighted by atomic mass is 79.9. The highest BCUT2D eigenvalue weighted by molar-refractivity contribution is 9.09. The molecule has 0 amide bonds. The van der Waals surface area contributed by atoms with Crippen LogP contribution in [0.1, 0.15) is 51.3 Å². The molecule has 0 aliphatic carbocycles. The maximum atomic E-state index is 4.70. The first kappa shape index (κ1) is 14.1. The van der Waals surface area contributed by atoms with Crippen molar-refractivity contribution in [3.05, 3.63) is 18.0 Å². The second-order valence-electron chi connectivity index (χ2n) is 5.32. The van der Waals surface area contributed by atoms with Crippen molar-refractivity contribution < 1.29 is 0 Å². The van der Waals surface area contributed by atoms with Crippen molar-refractivity contribution in [3.63, 3.8) is 0 Å². The molecule has 4 heteroatoms. The zero-order chi connectivity index (χ0) is 13.0. The van der Waals surface area contributed by atoms with Gasteiger partial charge < -0.3 is 0 Å². The minimum Gasteiger partial charge on any atom is -0.294 e. The minimum absolute atomic E-state index is 0.507. The first-order valence-electron chi connectivity index (χ1n) is 7.08. The van der Waals surface area contributed by atoms with Gasteiger partial charge in [-0.25, -0.2) is 0 Å². The van der Waals surface area contributed by atoms with Gasteiger partial charge in [0.05, 0.1) is 5.69 Å². The van der Waals surface area contributed by atoms with Crippen LogP contribution >= 0.6 is 15.9 Å². The van der Waals surface area contributed by atoms with Gasteiger partial charge in [-0.05, 0) is 38.8 Å². The van der Waals surface area contributed by atoms with E-state index in [9.17, 15) is 0 Å². The van der Waals surface area contributed by atoms with E-state index in [0.717, 1.165) is 18.3 Å². The summed E-state index contributed by atoms with van der Waals surface area (Å²) in [6, 6.07) is 3.37. The molecule has 2 heterocycles. The van der Waals surface area contributed by atoms with E-state index in [1.807, 2.05) is 0 Å². The molecule has 18 heavy (non-hydrogen) atoms. The highest BCUT2D eigenvalue weighted by Gasteiger charge is 2.22. The molecule has 1 aliphatic rings. The standard InChI is InChI=1S/C14H24BrN3/c1-3-12(2)18-9-7-13(16-18)11-17-8-5-4-6-14(17)10-15/h7,9,12,14H,3-6,8,10-11H2,1-2H3. The third-order valence-corrected chi connectivity index (χ3v) is 4.75. The number of likely N-dealkylation sites (tertiary alicyclic amines) is 1. The Morgan fingerprint density at radius 3 is 3.06 bits per heavy atom. The van der Waals surface area contributed by atoms with E-state index in [1.165, 1.54) is 31.5 Å². The van der Waals surface area contributed by atoms with Crippen molar-refractivity contribution in [1.29, 1.82) is 0 Å². The van der Waals surface area contributed by atoms with E-state index in [0.29, 0.717) is 12.1 Å². The Labute approximate surface area is 119 Å². The normalized spacial score (nSPS) is 23.2. The Bertz CT molecular complexity index is 364. The fourth-order valence-corrected chi connectivity index (χ4v) is 3.28. The van der Waals surface area contributed by atoms with Crippen LogP contribution in [0.2, 0.25) is 0 Å². The fraction of sp³-hybridized carbons (Fsp3) is 0.786. The van der Waals surface area contributed by atoms with Crippen LogP contribution in [0, 0.1) is 0 Å². The summed E-state index contributed by atoms with van der Waals surface area (Å²) in [5, 5.41) is 5.79. The van der Waals surface area contributed by atoms with Crippen LogP contribution in [0.4, 0.5) is 0 Å². The van der Waals surface area contributed by atoms with E-state index < -0.39 is 0 Å². The van der Waals surface area contributed by atoms with Gasteiger partial charge in [-0.2, -0.15) is 5.10 Å². The second-order valence-corrected chi connectivity index (χ2v) is 5.97. The molecule has 1 aromatic heterocycles. The second kappa shape index (κ2) is 6.71.